The van der Waals surface area contributed by atoms with Crippen LogP contribution in [0.2, 0.25) is 0 Å². The van der Waals surface area contributed by atoms with E-state index in [9.17, 15) is 12.8 Å². The number of benzene rings is 1. The molecule has 0 saturated heterocycles. The lowest BCUT2D eigenvalue weighted by atomic mass is 10.3. The van der Waals surface area contributed by atoms with Crippen LogP contribution in [0.5, 0.6) is 0 Å². The zero-order valence-corrected chi connectivity index (χ0v) is 10.4. The second kappa shape index (κ2) is 4.73. The number of aromatic nitrogens is 1. The average Bonchev–Trinajstić information content (AvgIpc) is 2.28. The van der Waals surface area contributed by atoms with Crippen molar-refractivity contribution in [3.63, 3.8) is 0 Å². The van der Waals surface area contributed by atoms with E-state index in [1.807, 2.05) is 6.92 Å². The predicted octanol–water partition coefficient (Wildman–Crippen LogP) is 2.33. The van der Waals surface area contributed by atoms with Crippen LogP contribution in [0.15, 0.2) is 47.5 Å². The molecular weight excluding hydrogens is 255 g/mol. The molecule has 0 aliphatic rings. The van der Waals surface area contributed by atoms with Gasteiger partial charge in [-0.1, -0.05) is 6.07 Å². The van der Waals surface area contributed by atoms with Crippen LogP contribution in [0.25, 0.3) is 0 Å². The first-order valence-electron chi connectivity index (χ1n) is 5.18. The number of halogens is 1. The second-order valence-electron chi connectivity index (χ2n) is 3.78. The summed E-state index contributed by atoms with van der Waals surface area (Å²) in [7, 11) is -3.81. The van der Waals surface area contributed by atoms with Crippen molar-refractivity contribution in [2.75, 3.05) is 4.72 Å². The van der Waals surface area contributed by atoms with Gasteiger partial charge < -0.3 is 0 Å². The molecule has 2 rings (SSSR count). The van der Waals surface area contributed by atoms with E-state index in [0.29, 0.717) is 0 Å². The van der Waals surface area contributed by atoms with Gasteiger partial charge in [0, 0.05) is 6.20 Å². The van der Waals surface area contributed by atoms with Crippen molar-refractivity contribution < 1.29 is 12.8 Å². The van der Waals surface area contributed by atoms with E-state index in [4.69, 9.17) is 0 Å². The minimum atomic E-state index is -3.81. The summed E-state index contributed by atoms with van der Waals surface area (Å²) in [5.74, 6) is -0.394. The van der Waals surface area contributed by atoms with Crippen molar-refractivity contribution in [1.82, 2.24) is 4.98 Å². The third-order valence-corrected chi connectivity index (χ3v) is 3.61. The van der Waals surface area contributed by atoms with E-state index in [1.165, 1.54) is 24.4 Å². The van der Waals surface area contributed by atoms with E-state index < -0.39 is 15.8 Å². The van der Waals surface area contributed by atoms with Crippen LogP contribution in [0, 0.1) is 12.7 Å². The Bertz CT molecular complexity index is 671. The lowest BCUT2D eigenvalue weighted by Crippen LogP contribution is -2.14. The fourth-order valence-electron chi connectivity index (χ4n) is 1.42. The number of sulfonamides is 1. The number of nitrogens with one attached hydrogen (secondary N) is 1. The predicted molar refractivity (Wildman–Crippen MR) is 66.2 cm³/mol. The monoisotopic (exact) mass is 266 g/mol. The first kappa shape index (κ1) is 12.5. The highest BCUT2D eigenvalue weighted by Gasteiger charge is 2.15. The fourth-order valence-corrected chi connectivity index (χ4v) is 2.45. The maximum atomic E-state index is 13.0. The molecule has 0 fully saturated rings. The molecule has 0 atom stereocenters. The van der Waals surface area contributed by atoms with Gasteiger partial charge in [0.25, 0.3) is 10.0 Å². The van der Waals surface area contributed by atoms with Crippen molar-refractivity contribution in [1.29, 1.82) is 0 Å². The van der Waals surface area contributed by atoms with Gasteiger partial charge in [0.15, 0.2) is 0 Å². The maximum absolute atomic E-state index is 13.0. The first-order valence-corrected chi connectivity index (χ1v) is 6.67. The van der Waals surface area contributed by atoms with Crippen molar-refractivity contribution in [3.05, 3.63) is 54.0 Å². The molecule has 0 aliphatic carbocycles. The number of nitrogens with zero attached hydrogens (tertiary/aromatic N) is 1. The quantitative estimate of drug-likeness (QED) is 0.927. The summed E-state index contributed by atoms with van der Waals surface area (Å²) in [5, 5.41) is 0. The van der Waals surface area contributed by atoms with E-state index in [2.05, 4.69) is 9.71 Å². The SMILES string of the molecule is Cc1ccnc(NS(=O)(=O)c2cccc(F)c2)c1. The van der Waals surface area contributed by atoms with E-state index in [1.54, 1.807) is 12.1 Å². The maximum Gasteiger partial charge on any atom is 0.263 e. The number of aryl methyl sites for hydroxylation is 1. The van der Waals surface area contributed by atoms with Gasteiger partial charge in [-0.05, 0) is 42.8 Å². The molecule has 18 heavy (non-hydrogen) atoms. The van der Waals surface area contributed by atoms with Gasteiger partial charge >= 0.3 is 0 Å². The number of hydrogen-bond donors (Lipinski definition) is 1. The fraction of sp³-hybridized carbons (Fsp3) is 0.0833. The Hall–Kier alpha value is -1.95. The molecule has 0 saturated carbocycles. The van der Waals surface area contributed by atoms with Crippen LogP contribution < -0.4 is 4.72 Å². The summed E-state index contributed by atoms with van der Waals surface area (Å²) >= 11 is 0. The first-order chi connectivity index (χ1) is 8.47. The van der Waals surface area contributed by atoms with Gasteiger partial charge in [0.05, 0.1) is 4.90 Å². The molecule has 0 spiro atoms. The third kappa shape index (κ3) is 2.84. The molecule has 6 heteroatoms. The lowest BCUT2D eigenvalue weighted by molar-refractivity contribution is 0.595. The number of hydrogen-bond acceptors (Lipinski definition) is 3. The highest BCUT2D eigenvalue weighted by molar-refractivity contribution is 7.92. The molecule has 0 aliphatic heterocycles. The van der Waals surface area contributed by atoms with Crippen LogP contribution in [-0.2, 0) is 10.0 Å². The van der Waals surface area contributed by atoms with Crippen molar-refractivity contribution >= 4 is 15.8 Å². The summed E-state index contributed by atoms with van der Waals surface area (Å²) in [6, 6.07) is 8.15. The molecule has 0 bridgehead atoms. The Morgan fingerprint density at radius 1 is 1.22 bits per heavy atom. The van der Waals surface area contributed by atoms with Gasteiger partial charge in [0.2, 0.25) is 0 Å². The average molecular weight is 266 g/mol. The molecule has 2 aromatic rings. The van der Waals surface area contributed by atoms with Crippen LogP contribution in [0.3, 0.4) is 0 Å². The molecular formula is C12H11FN2O2S. The van der Waals surface area contributed by atoms with Crippen LogP contribution >= 0.6 is 0 Å². The third-order valence-electron chi connectivity index (χ3n) is 2.26. The summed E-state index contributed by atoms with van der Waals surface area (Å²) in [6.45, 7) is 1.82. The Morgan fingerprint density at radius 3 is 2.67 bits per heavy atom. The largest absolute Gasteiger partial charge is 0.263 e. The number of rotatable bonds is 3. The van der Waals surface area contributed by atoms with Gasteiger partial charge in [-0.15, -0.1) is 0 Å². The number of pyridine rings is 1. The minimum absolute atomic E-state index is 0.134. The standard InChI is InChI=1S/C12H11FN2O2S/c1-9-5-6-14-12(7-9)15-18(16,17)11-4-2-3-10(13)8-11/h2-8H,1H3,(H,14,15). The Morgan fingerprint density at radius 2 is 2.00 bits per heavy atom. The molecule has 1 heterocycles. The minimum Gasteiger partial charge on any atom is -0.263 e. The molecule has 0 radical (unpaired) electrons. The summed E-state index contributed by atoms with van der Waals surface area (Å²) in [5.41, 5.74) is 0.877. The molecule has 94 valence electrons. The second-order valence-corrected chi connectivity index (χ2v) is 5.46. The molecule has 1 N–H and O–H groups in total. The summed E-state index contributed by atoms with van der Waals surface area (Å²) in [4.78, 5) is 3.76. The number of anilines is 1. The highest BCUT2D eigenvalue weighted by atomic mass is 32.2. The van der Waals surface area contributed by atoms with Crippen LogP contribution in [-0.4, -0.2) is 13.4 Å². The molecule has 1 aromatic heterocycles. The van der Waals surface area contributed by atoms with E-state index in [0.717, 1.165) is 11.6 Å². The zero-order chi connectivity index (χ0) is 13.2. The zero-order valence-electron chi connectivity index (χ0n) is 9.59. The smallest absolute Gasteiger partial charge is 0.263 e. The molecule has 1 aromatic carbocycles. The Balaban J connectivity index is 2.33. The normalized spacial score (nSPS) is 11.2. The van der Waals surface area contributed by atoms with E-state index >= 15 is 0 Å². The van der Waals surface area contributed by atoms with Gasteiger partial charge in [-0.2, -0.15) is 0 Å². The topological polar surface area (TPSA) is 59.1 Å². The Labute approximate surface area is 105 Å². The van der Waals surface area contributed by atoms with E-state index in [-0.39, 0.29) is 10.7 Å². The van der Waals surface area contributed by atoms with Crippen molar-refractivity contribution in [2.45, 2.75) is 11.8 Å². The molecule has 0 unspecified atom stereocenters. The lowest BCUT2D eigenvalue weighted by Gasteiger charge is -2.07. The van der Waals surface area contributed by atoms with Gasteiger partial charge in [-0.25, -0.2) is 17.8 Å². The van der Waals surface area contributed by atoms with Crippen molar-refractivity contribution in [3.8, 4) is 0 Å². The highest BCUT2D eigenvalue weighted by Crippen LogP contribution is 2.15. The van der Waals surface area contributed by atoms with Gasteiger partial charge in [0.1, 0.15) is 11.6 Å². The molecule has 4 nitrogen and oxygen atoms in total. The van der Waals surface area contributed by atoms with Crippen LogP contribution in [0.1, 0.15) is 5.56 Å². The summed E-state index contributed by atoms with van der Waals surface area (Å²) < 4.78 is 39.2. The molecule has 0 amide bonds. The van der Waals surface area contributed by atoms with Crippen molar-refractivity contribution in [2.24, 2.45) is 0 Å². The Kier molecular flexibility index (Phi) is 3.29. The van der Waals surface area contributed by atoms with Gasteiger partial charge in [-0.3, -0.25) is 4.72 Å². The summed E-state index contributed by atoms with van der Waals surface area (Å²) in [6.07, 6.45) is 1.50. The van der Waals surface area contributed by atoms with Crippen LogP contribution in [0.4, 0.5) is 10.2 Å².